The molecule has 0 radical (unpaired) electrons. The van der Waals surface area contributed by atoms with E-state index in [-0.39, 0.29) is 23.9 Å². The first-order valence-electron chi connectivity index (χ1n) is 6.78. The quantitative estimate of drug-likeness (QED) is 0.911. The van der Waals surface area contributed by atoms with Crippen LogP contribution in [0.2, 0.25) is 0 Å². The fourth-order valence-electron chi connectivity index (χ4n) is 3.11. The van der Waals surface area contributed by atoms with Crippen LogP contribution in [-0.4, -0.2) is 30.2 Å². The van der Waals surface area contributed by atoms with E-state index in [0.717, 1.165) is 31.7 Å². The molecule has 1 aromatic carbocycles. The first-order valence-corrected chi connectivity index (χ1v) is 6.78. The zero-order valence-electron chi connectivity index (χ0n) is 11.4. The van der Waals surface area contributed by atoms with Gasteiger partial charge in [-0.25, -0.2) is 8.78 Å². The molecular formula is C15H21F2NO. The van der Waals surface area contributed by atoms with Gasteiger partial charge in [0.1, 0.15) is 11.6 Å². The van der Waals surface area contributed by atoms with Gasteiger partial charge in [0.2, 0.25) is 0 Å². The van der Waals surface area contributed by atoms with Crippen molar-refractivity contribution in [2.45, 2.75) is 37.8 Å². The molecule has 1 atom stereocenters. The van der Waals surface area contributed by atoms with Crippen molar-refractivity contribution in [1.29, 1.82) is 0 Å². The number of nitrogens with zero attached hydrogens (tertiary/aromatic N) is 1. The molecule has 1 fully saturated rings. The molecule has 4 heteroatoms. The Morgan fingerprint density at radius 1 is 1.16 bits per heavy atom. The number of aliphatic hydroxyl groups is 1. The van der Waals surface area contributed by atoms with Crippen LogP contribution in [0.1, 0.15) is 37.3 Å². The lowest BCUT2D eigenvalue weighted by atomic mass is 9.79. The maximum absolute atomic E-state index is 14.0. The molecule has 0 amide bonds. The van der Waals surface area contributed by atoms with Gasteiger partial charge in [0.15, 0.2) is 0 Å². The van der Waals surface area contributed by atoms with Gasteiger partial charge >= 0.3 is 0 Å². The Kier molecular flexibility index (Phi) is 4.53. The van der Waals surface area contributed by atoms with Crippen LogP contribution in [0.25, 0.3) is 0 Å². The third-order valence-corrected chi connectivity index (χ3v) is 4.02. The van der Waals surface area contributed by atoms with E-state index in [1.807, 2.05) is 19.0 Å². The second-order valence-corrected chi connectivity index (χ2v) is 5.64. The molecule has 0 aromatic heterocycles. The molecule has 1 aliphatic carbocycles. The van der Waals surface area contributed by atoms with Crippen molar-refractivity contribution in [3.05, 3.63) is 35.4 Å². The first kappa shape index (κ1) is 14.4. The minimum atomic E-state index is -0.404. The molecule has 0 aliphatic heterocycles. The highest BCUT2D eigenvalue weighted by Crippen LogP contribution is 2.38. The second kappa shape index (κ2) is 5.97. The minimum Gasteiger partial charge on any atom is -0.393 e. The summed E-state index contributed by atoms with van der Waals surface area (Å²) < 4.78 is 27.3. The molecule has 0 saturated heterocycles. The third-order valence-electron chi connectivity index (χ3n) is 4.02. The second-order valence-electron chi connectivity index (χ2n) is 5.64. The van der Waals surface area contributed by atoms with Crippen molar-refractivity contribution in [2.24, 2.45) is 5.92 Å². The smallest absolute Gasteiger partial charge is 0.128 e. The van der Waals surface area contributed by atoms with E-state index in [4.69, 9.17) is 0 Å². The van der Waals surface area contributed by atoms with Crippen LogP contribution in [0.4, 0.5) is 8.78 Å². The average Bonchev–Trinajstić information content (AvgIpc) is 2.36. The van der Waals surface area contributed by atoms with Gasteiger partial charge < -0.3 is 10.0 Å². The first-order chi connectivity index (χ1) is 8.99. The predicted molar refractivity (Wildman–Crippen MR) is 70.8 cm³/mol. The van der Waals surface area contributed by atoms with E-state index in [1.54, 1.807) is 0 Å². The standard InChI is InChI=1S/C15H21F2NO/c1-18(2)15(10-3-6-12(19)7-4-10)13-9-11(16)5-8-14(13)17/h5,8-10,12,15,19H,3-4,6-7H2,1-2H3. The maximum atomic E-state index is 14.0. The van der Waals surface area contributed by atoms with E-state index in [9.17, 15) is 13.9 Å². The van der Waals surface area contributed by atoms with Crippen LogP contribution in [0.5, 0.6) is 0 Å². The maximum Gasteiger partial charge on any atom is 0.128 e. The average molecular weight is 269 g/mol. The molecule has 2 rings (SSSR count). The Morgan fingerprint density at radius 3 is 2.37 bits per heavy atom. The predicted octanol–water partition coefficient (Wildman–Crippen LogP) is 3.12. The Labute approximate surface area is 113 Å². The topological polar surface area (TPSA) is 23.5 Å². The number of rotatable bonds is 3. The number of aliphatic hydroxyl groups excluding tert-OH is 1. The number of hydrogen-bond acceptors (Lipinski definition) is 2. The summed E-state index contributed by atoms with van der Waals surface area (Å²) in [6, 6.07) is 3.50. The van der Waals surface area contributed by atoms with Crippen LogP contribution >= 0.6 is 0 Å². The van der Waals surface area contributed by atoms with Crippen LogP contribution in [0.3, 0.4) is 0 Å². The highest BCUT2D eigenvalue weighted by Gasteiger charge is 2.31. The lowest BCUT2D eigenvalue weighted by molar-refractivity contribution is 0.0768. The summed E-state index contributed by atoms with van der Waals surface area (Å²) in [7, 11) is 3.78. The van der Waals surface area contributed by atoms with Crippen molar-refractivity contribution in [3.8, 4) is 0 Å². The lowest BCUT2D eigenvalue weighted by Gasteiger charge is -2.36. The fourth-order valence-corrected chi connectivity index (χ4v) is 3.11. The largest absolute Gasteiger partial charge is 0.393 e. The monoisotopic (exact) mass is 269 g/mol. The number of halogens is 2. The summed E-state index contributed by atoms with van der Waals surface area (Å²) in [4.78, 5) is 1.94. The van der Waals surface area contributed by atoms with Crippen LogP contribution in [0.15, 0.2) is 18.2 Å². The molecule has 2 nitrogen and oxygen atoms in total. The molecule has 19 heavy (non-hydrogen) atoms. The summed E-state index contributed by atoms with van der Waals surface area (Å²) in [5.74, 6) is -0.500. The van der Waals surface area contributed by atoms with E-state index >= 15 is 0 Å². The van der Waals surface area contributed by atoms with Crippen LogP contribution in [-0.2, 0) is 0 Å². The Morgan fingerprint density at radius 2 is 1.79 bits per heavy atom. The van der Waals surface area contributed by atoms with Crippen molar-refractivity contribution in [1.82, 2.24) is 4.90 Å². The Hall–Kier alpha value is -1.00. The number of benzene rings is 1. The summed E-state index contributed by atoms with van der Waals surface area (Å²) in [6.07, 6.45) is 2.94. The SMILES string of the molecule is CN(C)C(c1cc(F)ccc1F)C1CCC(O)CC1. The lowest BCUT2D eigenvalue weighted by Crippen LogP contribution is -2.32. The van der Waals surface area contributed by atoms with Crippen LogP contribution < -0.4 is 0 Å². The van der Waals surface area contributed by atoms with Crippen molar-refractivity contribution in [3.63, 3.8) is 0 Å². The molecule has 1 N–H and O–H groups in total. The van der Waals surface area contributed by atoms with Crippen molar-refractivity contribution >= 4 is 0 Å². The fraction of sp³-hybridized carbons (Fsp3) is 0.600. The Balaban J connectivity index is 2.27. The van der Waals surface area contributed by atoms with Gasteiger partial charge in [-0.2, -0.15) is 0 Å². The van der Waals surface area contributed by atoms with Crippen LogP contribution in [0, 0.1) is 17.6 Å². The molecule has 0 spiro atoms. The Bertz CT molecular complexity index is 428. The van der Waals surface area contributed by atoms with Gasteiger partial charge in [-0.1, -0.05) is 0 Å². The highest BCUT2D eigenvalue weighted by atomic mass is 19.1. The molecule has 0 bridgehead atoms. The normalized spacial score (nSPS) is 25.6. The van der Waals surface area contributed by atoms with Gasteiger partial charge in [0, 0.05) is 11.6 Å². The summed E-state index contributed by atoms with van der Waals surface area (Å²) in [6.45, 7) is 0. The zero-order chi connectivity index (χ0) is 14.0. The van der Waals surface area contributed by atoms with E-state index in [1.165, 1.54) is 12.1 Å². The molecular weight excluding hydrogens is 248 g/mol. The van der Waals surface area contributed by atoms with Crippen molar-refractivity contribution in [2.75, 3.05) is 14.1 Å². The molecule has 1 aromatic rings. The molecule has 1 saturated carbocycles. The van der Waals surface area contributed by atoms with Crippen molar-refractivity contribution < 1.29 is 13.9 Å². The third kappa shape index (κ3) is 3.31. The van der Waals surface area contributed by atoms with Gasteiger partial charge in [0.05, 0.1) is 6.10 Å². The molecule has 1 aliphatic rings. The van der Waals surface area contributed by atoms with Gasteiger partial charge in [-0.05, 0) is 63.9 Å². The summed E-state index contributed by atoms with van der Waals surface area (Å²) in [5.41, 5.74) is 0.423. The molecule has 1 unspecified atom stereocenters. The van der Waals surface area contributed by atoms with E-state index < -0.39 is 5.82 Å². The van der Waals surface area contributed by atoms with Gasteiger partial charge in [0.25, 0.3) is 0 Å². The van der Waals surface area contributed by atoms with E-state index in [2.05, 4.69) is 0 Å². The zero-order valence-corrected chi connectivity index (χ0v) is 11.4. The number of hydrogen-bond donors (Lipinski definition) is 1. The van der Waals surface area contributed by atoms with Gasteiger partial charge in [-0.3, -0.25) is 0 Å². The summed E-state index contributed by atoms with van der Waals surface area (Å²) in [5, 5.41) is 9.57. The minimum absolute atomic E-state index is 0.136. The molecule has 106 valence electrons. The van der Waals surface area contributed by atoms with Gasteiger partial charge in [-0.15, -0.1) is 0 Å². The molecule has 0 heterocycles. The highest BCUT2D eigenvalue weighted by molar-refractivity contribution is 5.23. The van der Waals surface area contributed by atoms with E-state index in [0.29, 0.717) is 5.56 Å². The summed E-state index contributed by atoms with van der Waals surface area (Å²) >= 11 is 0.